The minimum atomic E-state index is -0.811. The van der Waals surface area contributed by atoms with Crippen LogP contribution in [-0.2, 0) is 11.4 Å². The molecule has 0 saturated carbocycles. The lowest BCUT2D eigenvalue weighted by atomic mass is 10.1. The van der Waals surface area contributed by atoms with Gasteiger partial charge in [0.1, 0.15) is 18.2 Å². The van der Waals surface area contributed by atoms with Crippen LogP contribution >= 0.6 is 0 Å². The molecule has 0 aliphatic heterocycles. The molecule has 0 aliphatic carbocycles. The number of nitro groups is 1. The first-order valence-corrected chi connectivity index (χ1v) is 7.99. The summed E-state index contributed by atoms with van der Waals surface area (Å²) in [4.78, 5) is 21.4. The highest BCUT2D eigenvalue weighted by molar-refractivity contribution is 6.00. The molecule has 0 atom stereocenters. The topological polar surface area (TPSA) is 128 Å². The second kappa shape index (κ2) is 9.01. The Morgan fingerprint density at radius 2 is 1.93 bits per heavy atom. The predicted molar refractivity (Wildman–Crippen MR) is 97.8 cm³/mol. The van der Waals surface area contributed by atoms with Crippen LogP contribution in [0.25, 0.3) is 6.08 Å². The number of benzene rings is 2. The maximum atomic E-state index is 11.2. The molecule has 0 spiro atoms. The molecule has 2 aromatic rings. The quantitative estimate of drug-likeness (QED) is 0.330. The summed E-state index contributed by atoms with van der Waals surface area (Å²) in [6.07, 6.45) is 1.37. The maximum absolute atomic E-state index is 11.2. The smallest absolute Gasteiger partial charge is 0.269 e. The first-order valence-electron chi connectivity index (χ1n) is 7.99. The van der Waals surface area contributed by atoms with Gasteiger partial charge in [-0.05, 0) is 48.4 Å². The molecule has 0 unspecified atom stereocenters. The van der Waals surface area contributed by atoms with Crippen LogP contribution in [0.2, 0.25) is 0 Å². The highest BCUT2D eigenvalue weighted by Gasteiger charge is 2.10. The average molecular weight is 367 g/mol. The zero-order chi connectivity index (χ0) is 19.8. The standard InChI is InChI=1S/C19H17N3O5/c1-2-26-18-10-14(9-15(11-20)19(21)23)5-8-17(18)27-12-13-3-6-16(7-4-13)22(24)25/h3-10H,2,12H2,1H3,(H2,21,23)/b15-9+. The van der Waals surface area contributed by atoms with Crippen LogP contribution in [0, 0.1) is 21.4 Å². The lowest BCUT2D eigenvalue weighted by Gasteiger charge is -2.13. The van der Waals surface area contributed by atoms with E-state index in [4.69, 9.17) is 20.5 Å². The summed E-state index contributed by atoms with van der Waals surface area (Å²) < 4.78 is 11.3. The first-order chi connectivity index (χ1) is 12.9. The number of amides is 1. The number of nitrogens with two attached hydrogens (primary N) is 1. The van der Waals surface area contributed by atoms with Crippen molar-refractivity contribution >= 4 is 17.7 Å². The van der Waals surface area contributed by atoms with Crippen molar-refractivity contribution in [2.75, 3.05) is 6.61 Å². The van der Waals surface area contributed by atoms with Crippen molar-refractivity contribution in [1.29, 1.82) is 5.26 Å². The maximum Gasteiger partial charge on any atom is 0.269 e. The van der Waals surface area contributed by atoms with E-state index in [1.54, 1.807) is 36.4 Å². The van der Waals surface area contributed by atoms with E-state index < -0.39 is 10.8 Å². The highest BCUT2D eigenvalue weighted by atomic mass is 16.6. The van der Waals surface area contributed by atoms with Crippen molar-refractivity contribution in [3.8, 4) is 17.6 Å². The third-order valence-electron chi connectivity index (χ3n) is 3.51. The fourth-order valence-electron chi connectivity index (χ4n) is 2.20. The molecule has 27 heavy (non-hydrogen) atoms. The number of nitriles is 1. The van der Waals surface area contributed by atoms with Gasteiger partial charge in [-0.1, -0.05) is 6.07 Å². The number of primary amides is 1. The lowest BCUT2D eigenvalue weighted by molar-refractivity contribution is -0.384. The molecular weight excluding hydrogens is 350 g/mol. The van der Waals surface area contributed by atoms with Crippen molar-refractivity contribution in [3.63, 3.8) is 0 Å². The van der Waals surface area contributed by atoms with Crippen LogP contribution in [0.3, 0.4) is 0 Å². The van der Waals surface area contributed by atoms with E-state index in [-0.39, 0.29) is 17.9 Å². The number of carbonyl (C=O) groups excluding carboxylic acids is 1. The van der Waals surface area contributed by atoms with Gasteiger partial charge in [0.15, 0.2) is 11.5 Å². The second-order valence-corrected chi connectivity index (χ2v) is 5.39. The molecule has 2 N–H and O–H groups in total. The summed E-state index contributed by atoms with van der Waals surface area (Å²) >= 11 is 0. The Morgan fingerprint density at radius 1 is 1.22 bits per heavy atom. The van der Waals surface area contributed by atoms with Crippen molar-refractivity contribution in [3.05, 3.63) is 69.3 Å². The van der Waals surface area contributed by atoms with E-state index in [0.29, 0.717) is 23.7 Å². The molecule has 8 heteroatoms. The second-order valence-electron chi connectivity index (χ2n) is 5.39. The highest BCUT2D eigenvalue weighted by Crippen LogP contribution is 2.30. The summed E-state index contributed by atoms with van der Waals surface area (Å²) in [7, 11) is 0. The Labute approximate surface area is 155 Å². The normalized spacial score (nSPS) is 10.7. The van der Waals surface area contributed by atoms with E-state index in [9.17, 15) is 14.9 Å². The van der Waals surface area contributed by atoms with Crippen molar-refractivity contribution in [2.24, 2.45) is 5.73 Å². The molecule has 0 saturated heterocycles. The van der Waals surface area contributed by atoms with Gasteiger partial charge in [0.25, 0.3) is 11.6 Å². The molecular formula is C19H17N3O5. The molecule has 0 radical (unpaired) electrons. The van der Waals surface area contributed by atoms with Crippen molar-refractivity contribution in [2.45, 2.75) is 13.5 Å². The number of hydrogen-bond acceptors (Lipinski definition) is 6. The monoisotopic (exact) mass is 367 g/mol. The van der Waals surface area contributed by atoms with Crippen LogP contribution in [0.1, 0.15) is 18.1 Å². The molecule has 0 bridgehead atoms. The van der Waals surface area contributed by atoms with Gasteiger partial charge in [0, 0.05) is 12.1 Å². The van der Waals surface area contributed by atoms with Gasteiger partial charge >= 0.3 is 0 Å². The van der Waals surface area contributed by atoms with E-state index in [2.05, 4.69) is 0 Å². The third kappa shape index (κ3) is 5.31. The Balaban J connectivity index is 2.20. The van der Waals surface area contributed by atoms with Crippen LogP contribution < -0.4 is 15.2 Å². The fourth-order valence-corrected chi connectivity index (χ4v) is 2.20. The third-order valence-corrected chi connectivity index (χ3v) is 3.51. The number of rotatable bonds is 8. The summed E-state index contributed by atoms with van der Waals surface area (Å²) in [5.41, 5.74) is 6.30. The fraction of sp³-hybridized carbons (Fsp3) is 0.158. The minimum absolute atomic E-state index is 0.00708. The van der Waals surface area contributed by atoms with Gasteiger partial charge in [-0.15, -0.1) is 0 Å². The van der Waals surface area contributed by atoms with Crippen LogP contribution in [0.5, 0.6) is 11.5 Å². The van der Waals surface area contributed by atoms with Gasteiger partial charge in [0.2, 0.25) is 0 Å². The summed E-state index contributed by atoms with van der Waals surface area (Å²) in [6.45, 7) is 2.40. The number of nitro benzene ring substituents is 1. The Morgan fingerprint density at radius 3 is 2.48 bits per heavy atom. The molecule has 0 aliphatic rings. The lowest BCUT2D eigenvalue weighted by Crippen LogP contribution is -2.12. The van der Waals surface area contributed by atoms with Gasteiger partial charge in [-0.25, -0.2) is 0 Å². The number of nitrogens with zero attached hydrogens (tertiary/aromatic N) is 2. The molecule has 0 heterocycles. The van der Waals surface area contributed by atoms with Crippen LogP contribution in [0.15, 0.2) is 48.0 Å². The first kappa shape index (κ1) is 19.5. The van der Waals surface area contributed by atoms with Crippen molar-refractivity contribution < 1.29 is 19.2 Å². The molecule has 1 amide bonds. The Kier molecular flexibility index (Phi) is 6.49. The summed E-state index contributed by atoms with van der Waals surface area (Å²) in [5, 5.41) is 19.6. The predicted octanol–water partition coefficient (Wildman–Crippen LogP) is 2.96. The number of ether oxygens (including phenoxy) is 2. The molecule has 138 valence electrons. The zero-order valence-electron chi connectivity index (χ0n) is 14.5. The largest absolute Gasteiger partial charge is 0.490 e. The van der Waals surface area contributed by atoms with E-state index in [1.165, 1.54) is 18.2 Å². The van der Waals surface area contributed by atoms with E-state index in [0.717, 1.165) is 5.56 Å². The summed E-state index contributed by atoms with van der Waals surface area (Å²) in [6, 6.07) is 12.7. The SMILES string of the molecule is CCOc1cc(/C=C(\C#N)C(N)=O)ccc1OCc1ccc([N+](=O)[O-])cc1. The Hall–Kier alpha value is -3.86. The number of non-ortho nitro benzene ring substituents is 1. The van der Waals surface area contributed by atoms with Crippen LogP contribution in [0.4, 0.5) is 5.69 Å². The van der Waals surface area contributed by atoms with E-state index >= 15 is 0 Å². The molecule has 0 fully saturated rings. The van der Waals surface area contributed by atoms with Crippen LogP contribution in [-0.4, -0.2) is 17.4 Å². The van der Waals surface area contributed by atoms with Crippen molar-refractivity contribution in [1.82, 2.24) is 0 Å². The van der Waals surface area contributed by atoms with Gasteiger partial charge in [-0.3, -0.25) is 14.9 Å². The number of hydrogen-bond donors (Lipinski definition) is 1. The molecule has 8 nitrogen and oxygen atoms in total. The van der Waals surface area contributed by atoms with Gasteiger partial charge < -0.3 is 15.2 Å². The molecule has 0 aromatic heterocycles. The van der Waals surface area contributed by atoms with Gasteiger partial charge in [0.05, 0.1) is 11.5 Å². The summed E-state index contributed by atoms with van der Waals surface area (Å²) in [5.74, 6) is 0.0915. The molecule has 2 aromatic carbocycles. The van der Waals surface area contributed by atoms with E-state index in [1.807, 2.05) is 6.92 Å². The molecule has 2 rings (SSSR count). The minimum Gasteiger partial charge on any atom is -0.490 e. The zero-order valence-corrected chi connectivity index (χ0v) is 14.5. The Bertz CT molecular complexity index is 914. The van der Waals surface area contributed by atoms with Gasteiger partial charge in [-0.2, -0.15) is 5.26 Å². The number of carbonyl (C=O) groups is 1. The average Bonchev–Trinajstić information content (AvgIpc) is 2.65.